The number of H-pyrrole nitrogens is 1. The van der Waals surface area contributed by atoms with Gasteiger partial charge in [-0.1, -0.05) is 18.2 Å². The Balaban J connectivity index is 1.73. The second-order valence-corrected chi connectivity index (χ2v) is 9.12. The number of methoxy groups -OCH3 is 1. The van der Waals surface area contributed by atoms with Gasteiger partial charge in [0.15, 0.2) is 0 Å². The average molecular weight is 485 g/mol. The van der Waals surface area contributed by atoms with Crippen LogP contribution in [0.15, 0.2) is 46.1 Å². The van der Waals surface area contributed by atoms with Crippen molar-refractivity contribution in [3.63, 3.8) is 0 Å². The van der Waals surface area contributed by atoms with E-state index < -0.39 is 56.1 Å². The molecular weight excluding hydrogens is 460 g/mol. The van der Waals surface area contributed by atoms with Crippen LogP contribution in [0.25, 0.3) is 0 Å². The number of aromatic amines is 1. The van der Waals surface area contributed by atoms with E-state index in [0.717, 1.165) is 4.57 Å². The number of hydrogen-bond acceptors (Lipinski definition) is 8. The fourth-order valence-corrected chi connectivity index (χ4v) is 4.66. The molecule has 1 aliphatic heterocycles. The first kappa shape index (κ1) is 24.8. The third kappa shape index (κ3) is 6.17. The molecule has 11 nitrogen and oxygen atoms in total. The number of carbonyl (C=O) groups excluding carboxylic acids is 1. The van der Waals surface area contributed by atoms with Crippen LogP contribution in [0.4, 0.5) is 4.39 Å². The molecule has 1 saturated heterocycles. The predicted molar refractivity (Wildman–Crippen MR) is 115 cm³/mol. The summed E-state index contributed by atoms with van der Waals surface area (Å²) >= 11 is 0. The fraction of sp³-hybridized carbons (Fsp3) is 0.450. The lowest BCUT2D eigenvalue weighted by Crippen LogP contribution is -2.36. The standard InChI is InChI=1S/C20H25FN3O8P/c1-12-10-24(20(27)22-18(12)25)17-9-15(21)16(31-17)11-30-33(28,23-13(2)19(26)29-3)32-14-7-5-4-6-8-14/h4-8,10,13,15-17H,9,11H2,1-3H3,(H,23,28)(H,22,25,27)/t13-,15-,16+,17?,33?/m0/s1. The van der Waals surface area contributed by atoms with Crippen molar-refractivity contribution in [2.24, 2.45) is 0 Å². The number of aromatic nitrogens is 2. The molecule has 1 aromatic carbocycles. The van der Waals surface area contributed by atoms with Gasteiger partial charge in [0.1, 0.15) is 30.3 Å². The Hall–Kier alpha value is -2.79. The largest absolute Gasteiger partial charge is 0.468 e. The van der Waals surface area contributed by atoms with E-state index in [0.29, 0.717) is 0 Å². The Morgan fingerprint density at radius 2 is 2.06 bits per heavy atom. The minimum Gasteiger partial charge on any atom is -0.468 e. The van der Waals surface area contributed by atoms with Gasteiger partial charge < -0.3 is 14.0 Å². The van der Waals surface area contributed by atoms with E-state index >= 15 is 0 Å². The van der Waals surface area contributed by atoms with Crippen LogP contribution in [0.2, 0.25) is 0 Å². The normalized spacial score (nSPS) is 23.0. The highest BCUT2D eigenvalue weighted by molar-refractivity contribution is 7.52. The number of rotatable bonds is 9. The molecule has 2 aromatic rings. The third-order valence-electron chi connectivity index (χ3n) is 4.90. The number of benzene rings is 1. The number of ether oxygens (including phenoxy) is 2. The molecule has 0 saturated carbocycles. The molecule has 2 N–H and O–H groups in total. The van der Waals surface area contributed by atoms with Gasteiger partial charge >= 0.3 is 19.4 Å². The number of para-hydroxylation sites is 1. The highest BCUT2D eigenvalue weighted by Gasteiger charge is 2.40. The minimum absolute atomic E-state index is 0.185. The molecule has 0 bridgehead atoms. The highest BCUT2D eigenvalue weighted by atomic mass is 31.2. The fourth-order valence-electron chi connectivity index (χ4n) is 3.16. The zero-order valence-corrected chi connectivity index (χ0v) is 19.1. The van der Waals surface area contributed by atoms with Crippen molar-refractivity contribution in [1.82, 2.24) is 14.6 Å². The SMILES string of the molecule is COC(=O)[C@H](C)NP(=O)(OC[C@H]1OC(n2cc(C)c(=O)[nH]c2=O)C[C@@H]1F)Oc1ccccc1. The molecule has 5 atom stereocenters. The summed E-state index contributed by atoms with van der Waals surface area (Å²) in [6.07, 6.45) is -2.64. The van der Waals surface area contributed by atoms with E-state index in [9.17, 15) is 23.3 Å². The van der Waals surface area contributed by atoms with Crippen molar-refractivity contribution in [3.8, 4) is 5.75 Å². The lowest BCUT2D eigenvalue weighted by molar-refractivity contribution is -0.142. The topological polar surface area (TPSA) is 138 Å². The second kappa shape index (κ2) is 10.4. The lowest BCUT2D eigenvalue weighted by atomic mass is 10.2. The van der Waals surface area contributed by atoms with Gasteiger partial charge in [-0.05, 0) is 26.0 Å². The van der Waals surface area contributed by atoms with E-state index in [4.69, 9.17) is 13.8 Å². The van der Waals surface area contributed by atoms with E-state index in [1.165, 1.54) is 39.3 Å². The maximum atomic E-state index is 14.7. The van der Waals surface area contributed by atoms with Crippen molar-refractivity contribution in [2.45, 2.75) is 44.8 Å². The van der Waals surface area contributed by atoms with E-state index in [1.807, 2.05) is 0 Å². The molecule has 2 heterocycles. The molecule has 0 spiro atoms. The van der Waals surface area contributed by atoms with Crippen LogP contribution in [0.1, 0.15) is 25.1 Å². The van der Waals surface area contributed by atoms with E-state index in [-0.39, 0.29) is 17.7 Å². The first-order valence-electron chi connectivity index (χ1n) is 10.1. The predicted octanol–water partition coefficient (Wildman–Crippen LogP) is 1.83. The maximum absolute atomic E-state index is 14.7. The number of hydrogen-bond donors (Lipinski definition) is 2. The van der Waals surface area contributed by atoms with Crippen LogP contribution >= 0.6 is 7.75 Å². The highest BCUT2D eigenvalue weighted by Crippen LogP contribution is 2.46. The number of carbonyl (C=O) groups is 1. The molecule has 180 valence electrons. The molecule has 0 radical (unpaired) electrons. The first-order valence-corrected chi connectivity index (χ1v) is 11.6. The molecule has 0 amide bonds. The molecule has 33 heavy (non-hydrogen) atoms. The molecular formula is C20H25FN3O8P. The van der Waals surface area contributed by atoms with Gasteiger partial charge in [0.25, 0.3) is 5.56 Å². The number of nitrogens with zero attached hydrogens (tertiary/aromatic N) is 1. The first-order chi connectivity index (χ1) is 15.6. The Morgan fingerprint density at radius 3 is 2.73 bits per heavy atom. The van der Waals surface area contributed by atoms with Gasteiger partial charge in [0.2, 0.25) is 0 Å². The molecule has 1 aliphatic rings. The smallest absolute Gasteiger partial charge is 0.459 e. The van der Waals surface area contributed by atoms with Crippen LogP contribution in [0.5, 0.6) is 5.75 Å². The van der Waals surface area contributed by atoms with E-state index in [1.54, 1.807) is 18.2 Å². The summed E-state index contributed by atoms with van der Waals surface area (Å²) in [6.45, 7) is 2.41. The van der Waals surface area contributed by atoms with Crippen molar-refractivity contribution >= 4 is 13.7 Å². The quantitative estimate of drug-likeness (QED) is 0.402. The van der Waals surface area contributed by atoms with Gasteiger partial charge in [0, 0.05) is 18.2 Å². The summed E-state index contributed by atoms with van der Waals surface area (Å²) in [7, 11) is -3.00. The Kier molecular flexibility index (Phi) is 7.85. The molecule has 13 heteroatoms. The summed E-state index contributed by atoms with van der Waals surface area (Å²) in [5, 5.41) is 2.46. The summed E-state index contributed by atoms with van der Waals surface area (Å²) in [4.78, 5) is 37.6. The molecule has 2 unspecified atom stereocenters. The summed E-state index contributed by atoms with van der Waals surface area (Å²) in [6, 6.07) is 7.04. The van der Waals surface area contributed by atoms with Crippen molar-refractivity contribution in [2.75, 3.05) is 13.7 Å². The van der Waals surface area contributed by atoms with Gasteiger partial charge in [-0.2, -0.15) is 5.09 Å². The third-order valence-corrected chi connectivity index (χ3v) is 6.55. The average Bonchev–Trinajstić information content (AvgIpc) is 3.15. The van der Waals surface area contributed by atoms with Gasteiger partial charge in [-0.25, -0.2) is 13.8 Å². The van der Waals surface area contributed by atoms with Crippen molar-refractivity contribution < 1.29 is 32.3 Å². The molecule has 3 rings (SSSR count). The van der Waals surface area contributed by atoms with E-state index in [2.05, 4.69) is 14.8 Å². The molecule has 0 aliphatic carbocycles. The summed E-state index contributed by atoms with van der Waals surface area (Å²) in [5.74, 6) is -0.508. The van der Waals surface area contributed by atoms with Crippen LogP contribution in [0.3, 0.4) is 0 Å². The van der Waals surface area contributed by atoms with Gasteiger partial charge in [-0.15, -0.1) is 0 Å². The van der Waals surface area contributed by atoms with Gasteiger partial charge in [0.05, 0.1) is 13.7 Å². The van der Waals surface area contributed by atoms with Gasteiger partial charge in [-0.3, -0.25) is 23.7 Å². The number of alkyl halides is 1. The monoisotopic (exact) mass is 485 g/mol. The van der Waals surface area contributed by atoms with Crippen LogP contribution in [-0.4, -0.2) is 47.6 Å². The molecule has 1 aromatic heterocycles. The second-order valence-electron chi connectivity index (χ2n) is 7.43. The Bertz CT molecular complexity index is 1140. The number of nitrogens with one attached hydrogen (secondary N) is 2. The number of esters is 1. The number of halogens is 1. The van der Waals surface area contributed by atoms with Crippen molar-refractivity contribution in [3.05, 3.63) is 62.9 Å². The molecule has 1 fully saturated rings. The van der Waals surface area contributed by atoms with Crippen molar-refractivity contribution in [1.29, 1.82) is 0 Å². The zero-order valence-electron chi connectivity index (χ0n) is 18.2. The minimum atomic E-state index is -4.17. The lowest BCUT2D eigenvalue weighted by Gasteiger charge is -2.24. The maximum Gasteiger partial charge on any atom is 0.459 e. The van der Waals surface area contributed by atoms with Crippen LogP contribution in [-0.2, 0) is 23.4 Å². The Morgan fingerprint density at radius 1 is 1.36 bits per heavy atom. The Labute approximate surface area is 188 Å². The summed E-state index contributed by atoms with van der Waals surface area (Å²) in [5.41, 5.74) is -1.03. The number of aryl methyl sites for hydroxylation is 1. The summed E-state index contributed by atoms with van der Waals surface area (Å²) < 4.78 is 50.2. The van der Waals surface area contributed by atoms with Crippen LogP contribution < -0.4 is 20.9 Å². The van der Waals surface area contributed by atoms with Crippen LogP contribution in [0, 0.1) is 6.92 Å². The zero-order chi connectivity index (χ0) is 24.2.